The maximum atomic E-state index is 5.92. The smallest absolute Gasteiger partial charge is 0.191 e. The molecule has 0 spiro atoms. The molecule has 1 aliphatic carbocycles. The monoisotopic (exact) mass is 433 g/mol. The third-order valence-electron chi connectivity index (χ3n) is 3.49. The van der Waals surface area contributed by atoms with Crippen molar-refractivity contribution in [3.8, 4) is 5.75 Å². The molecule has 130 valence electrons. The van der Waals surface area contributed by atoms with Crippen molar-refractivity contribution in [2.75, 3.05) is 33.4 Å². The molecule has 0 aromatic heterocycles. The zero-order chi connectivity index (χ0) is 15.6. The van der Waals surface area contributed by atoms with E-state index in [1.807, 2.05) is 18.2 Å². The summed E-state index contributed by atoms with van der Waals surface area (Å²) in [6, 6.07) is 8.14. The maximum absolute atomic E-state index is 5.92. The number of hydrogen-bond acceptors (Lipinski definition) is 3. The Morgan fingerprint density at radius 2 is 2.04 bits per heavy atom. The van der Waals surface area contributed by atoms with Crippen LogP contribution in [0.5, 0.6) is 5.75 Å². The minimum atomic E-state index is 0. The van der Waals surface area contributed by atoms with Crippen molar-refractivity contribution >= 4 is 29.9 Å². The van der Waals surface area contributed by atoms with Crippen LogP contribution in [0.1, 0.15) is 25.3 Å². The van der Waals surface area contributed by atoms with E-state index >= 15 is 0 Å². The second-order valence-electron chi connectivity index (χ2n) is 5.48. The Kier molecular flexibility index (Phi) is 10.0. The summed E-state index contributed by atoms with van der Waals surface area (Å²) in [4.78, 5) is 4.62. The number of hydrogen-bond donors (Lipinski definition) is 2. The normalized spacial score (nSPS) is 14.1. The largest absolute Gasteiger partial charge is 0.493 e. The molecule has 0 amide bonds. The van der Waals surface area contributed by atoms with E-state index in [0.717, 1.165) is 42.9 Å². The second-order valence-corrected chi connectivity index (χ2v) is 5.48. The van der Waals surface area contributed by atoms with Crippen LogP contribution in [0.3, 0.4) is 0 Å². The summed E-state index contributed by atoms with van der Waals surface area (Å²) in [5.41, 5.74) is 1.12. The molecule has 2 rings (SSSR count). The van der Waals surface area contributed by atoms with Crippen LogP contribution in [0.4, 0.5) is 0 Å². The number of nitrogens with zero attached hydrogens (tertiary/aromatic N) is 1. The third-order valence-corrected chi connectivity index (χ3v) is 3.49. The molecule has 0 heterocycles. The number of halogens is 1. The lowest BCUT2D eigenvalue weighted by Crippen LogP contribution is -2.38. The fraction of sp³-hybridized carbons (Fsp3) is 0.588. The Labute approximate surface area is 156 Å². The topological polar surface area (TPSA) is 54.9 Å². The SMILES string of the molecule is CCNC(=NCc1ccccc1OCC1CC1)NCCOC.I. The van der Waals surface area contributed by atoms with Crippen LogP contribution < -0.4 is 15.4 Å². The van der Waals surface area contributed by atoms with Crippen molar-refractivity contribution in [2.45, 2.75) is 26.3 Å². The van der Waals surface area contributed by atoms with E-state index < -0.39 is 0 Å². The van der Waals surface area contributed by atoms with Gasteiger partial charge in [0.2, 0.25) is 0 Å². The van der Waals surface area contributed by atoms with Gasteiger partial charge in [-0.1, -0.05) is 18.2 Å². The summed E-state index contributed by atoms with van der Waals surface area (Å²) >= 11 is 0. The molecule has 1 fully saturated rings. The molecule has 23 heavy (non-hydrogen) atoms. The second kappa shape index (κ2) is 11.5. The van der Waals surface area contributed by atoms with Crippen molar-refractivity contribution in [1.29, 1.82) is 0 Å². The van der Waals surface area contributed by atoms with Crippen LogP contribution in [0, 0.1) is 5.92 Å². The lowest BCUT2D eigenvalue weighted by molar-refractivity contribution is 0.203. The zero-order valence-electron chi connectivity index (χ0n) is 14.0. The summed E-state index contributed by atoms with van der Waals surface area (Å²) in [5, 5.41) is 6.48. The Bertz CT molecular complexity index is 479. The summed E-state index contributed by atoms with van der Waals surface area (Å²) in [5.74, 6) is 2.51. The van der Waals surface area contributed by atoms with Crippen molar-refractivity contribution < 1.29 is 9.47 Å². The maximum Gasteiger partial charge on any atom is 0.191 e. The molecule has 1 aromatic rings. The van der Waals surface area contributed by atoms with Crippen LogP contribution in [-0.4, -0.2) is 39.4 Å². The van der Waals surface area contributed by atoms with Gasteiger partial charge in [0.1, 0.15) is 5.75 Å². The summed E-state index contributed by atoms with van der Waals surface area (Å²) < 4.78 is 11.0. The number of ether oxygens (including phenoxy) is 2. The number of guanidine groups is 1. The number of benzene rings is 1. The first kappa shape index (κ1) is 20.0. The van der Waals surface area contributed by atoms with Gasteiger partial charge >= 0.3 is 0 Å². The van der Waals surface area contributed by atoms with Crippen molar-refractivity contribution in [3.63, 3.8) is 0 Å². The molecular weight excluding hydrogens is 405 g/mol. The average Bonchev–Trinajstić information content (AvgIpc) is 3.36. The lowest BCUT2D eigenvalue weighted by Gasteiger charge is -2.12. The first-order valence-electron chi connectivity index (χ1n) is 8.05. The molecule has 6 heteroatoms. The van der Waals surface area contributed by atoms with E-state index in [4.69, 9.17) is 9.47 Å². The molecule has 0 bridgehead atoms. The third kappa shape index (κ3) is 7.87. The van der Waals surface area contributed by atoms with Crippen LogP contribution in [0.2, 0.25) is 0 Å². The first-order valence-corrected chi connectivity index (χ1v) is 8.05. The molecule has 1 saturated carbocycles. The van der Waals surface area contributed by atoms with Crippen LogP contribution >= 0.6 is 24.0 Å². The van der Waals surface area contributed by atoms with Gasteiger partial charge in [-0.2, -0.15) is 0 Å². The molecule has 0 saturated heterocycles. The Balaban J connectivity index is 0.00000264. The van der Waals surface area contributed by atoms with E-state index in [1.165, 1.54) is 12.8 Å². The number of methoxy groups -OCH3 is 1. The fourth-order valence-corrected chi connectivity index (χ4v) is 2.04. The van der Waals surface area contributed by atoms with E-state index in [-0.39, 0.29) is 24.0 Å². The highest BCUT2D eigenvalue weighted by molar-refractivity contribution is 14.0. The summed E-state index contributed by atoms with van der Waals surface area (Å²) in [6.45, 7) is 5.71. The van der Waals surface area contributed by atoms with Crippen molar-refractivity contribution in [3.05, 3.63) is 29.8 Å². The summed E-state index contributed by atoms with van der Waals surface area (Å²) in [7, 11) is 1.69. The minimum Gasteiger partial charge on any atom is -0.493 e. The quantitative estimate of drug-likeness (QED) is 0.272. The molecular formula is C17H28IN3O2. The molecule has 0 aliphatic heterocycles. The van der Waals surface area contributed by atoms with E-state index in [1.54, 1.807) is 7.11 Å². The average molecular weight is 433 g/mol. The number of nitrogens with one attached hydrogen (secondary N) is 2. The highest BCUT2D eigenvalue weighted by Gasteiger charge is 2.22. The van der Waals surface area contributed by atoms with Gasteiger partial charge < -0.3 is 20.1 Å². The fourth-order valence-electron chi connectivity index (χ4n) is 2.04. The van der Waals surface area contributed by atoms with Gasteiger partial charge in [-0.05, 0) is 31.7 Å². The van der Waals surface area contributed by atoms with Gasteiger partial charge in [-0.15, -0.1) is 24.0 Å². The molecule has 0 unspecified atom stereocenters. The van der Waals surface area contributed by atoms with Crippen molar-refractivity contribution in [2.24, 2.45) is 10.9 Å². The Hall–Kier alpha value is -1.02. The van der Waals surface area contributed by atoms with Gasteiger partial charge in [0, 0.05) is 25.8 Å². The Morgan fingerprint density at radius 1 is 1.26 bits per heavy atom. The van der Waals surface area contributed by atoms with Gasteiger partial charge in [0.15, 0.2) is 5.96 Å². The van der Waals surface area contributed by atoms with E-state index in [2.05, 4.69) is 28.6 Å². The standard InChI is InChI=1S/C17H27N3O2.HI/c1-3-18-17(19-10-11-21-2)20-12-15-6-4-5-7-16(15)22-13-14-8-9-14;/h4-7,14H,3,8-13H2,1-2H3,(H2,18,19,20);1H. The van der Waals surface area contributed by atoms with E-state index in [0.29, 0.717) is 13.2 Å². The molecule has 0 radical (unpaired) electrons. The van der Waals surface area contributed by atoms with Crippen LogP contribution in [0.25, 0.3) is 0 Å². The molecule has 1 aliphatic rings. The molecule has 2 N–H and O–H groups in total. The number of rotatable bonds is 9. The lowest BCUT2D eigenvalue weighted by atomic mass is 10.2. The predicted octanol–water partition coefficient (Wildman–Crippen LogP) is 2.79. The highest BCUT2D eigenvalue weighted by atomic mass is 127. The molecule has 0 atom stereocenters. The van der Waals surface area contributed by atoms with Gasteiger partial charge in [0.25, 0.3) is 0 Å². The summed E-state index contributed by atoms with van der Waals surface area (Å²) in [6.07, 6.45) is 2.60. The minimum absolute atomic E-state index is 0. The number of aliphatic imine (C=N–C) groups is 1. The van der Waals surface area contributed by atoms with Crippen LogP contribution in [0.15, 0.2) is 29.3 Å². The van der Waals surface area contributed by atoms with E-state index in [9.17, 15) is 0 Å². The Morgan fingerprint density at radius 3 is 2.74 bits per heavy atom. The molecule has 5 nitrogen and oxygen atoms in total. The number of para-hydroxylation sites is 1. The highest BCUT2D eigenvalue weighted by Crippen LogP contribution is 2.30. The van der Waals surface area contributed by atoms with Crippen LogP contribution in [-0.2, 0) is 11.3 Å². The van der Waals surface area contributed by atoms with Crippen molar-refractivity contribution in [1.82, 2.24) is 10.6 Å². The molecule has 1 aromatic carbocycles. The zero-order valence-corrected chi connectivity index (χ0v) is 16.3. The first-order chi connectivity index (χ1) is 10.8. The van der Waals surface area contributed by atoms with Gasteiger partial charge in [0.05, 0.1) is 19.8 Å². The van der Waals surface area contributed by atoms with Gasteiger partial charge in [-0.25, -0.2) is 4.99 Å². The predicted molar refractivity (Wildman–Crippen MR) is 105 cm³/mol. The van der Waals surface area contributed by atoms with Gasteiger partial charge in [-0.3, -0.25) is 0 Å².